The number of amides is 15. The number of carboxylic acid groups (broad SMARTS) is 1. The highest BCUT2D eigenvalue weighted by atomic mass is 16.4. The number of benzene rings is 2. The van der Waals surface area contributed by atoms with Crippen LogP contribution in [-0.2, 0) is 89.6 Å². The van der Waals surface area contributed by atoms with Crippen LogP contribution < -0.4 is 152 Å². The maximum Gasteiger partial charge on any atom is 0.326 e. The van der Waals surface area contributed by atoms with E-state index in [1.54, 1.807) is 51.1 Å². The number of nitrogens with two attached hydrogens (primary N) is 7. The molecule has 2 aromatic rings. The van der Waals surface area contributed by atoms with Crippen molar-refractivity contribution in [2.75, 3.05) is 65.6 Å². The first-order valence-electron chi connectivity index (χ1n) is 46.0. The number of carboxylic acids is 1. The Kier molecular flexibility index (Phi) is 57.2. The molecule has 2 rings (SSSR count). The molecule has 0 saturated heterocycles. The van der Waals surface area contributed by atoms with Gasteiger partial charge in [-0.15, -0.1) is 0 Å². The van der Waals surface area contributed by atoms with Crippen LogP contribution >= 0.6 is 0 Å². The van der Waals surface area contributed by atoms with Gasteiger partial charge in [0.1, 0.15) is 96.4 Å². The largest absolute Gasteiger partial charge is 0.508 e. The van der Waals surface area contributed by atoms with E-state index in [9.17, 15) is 112 Å². The van der Waals surface area contributed by atoms with Crippen molar-refractivity contribution in [1.82, 2.24) is 112 Å². The molecule has 0 bridgehead atoms. The number of guanidine groups is 6. The highest BCUT2D eigenvalue weighted by Crippen LogP contribution is 2.17. The van der Waals surface area contributed by atoms with E-state index in [0.717, 1.165) is 6.92 Å². The molecular formula is C85H146N34O23. The maximum atomic E-state index is 14.9. The monoisotopic (exact) mass is 2010 g/mol. The van der Waals surface area contributed by atoms with Crippen molar-refractivity contribution >= 4 is 130 Å². The number of aromatic hydroxyl groups is 1. The Hall–Kier alpha value is -14.9. The zero-order valence-corrected chi connectivity index (χ0v) is 80.3. The summed E-state index contributed by atoms with van der Waals surface area (Å²) in [7, 11) is 0. The van der Waals surface area contributed by atoms with Crippen molar-refractivity contribution in [3.63, 3.8) is 0 Å². The lowest BCUT2D eigenvalue weighted by molar-refractivity contribution is -0.142. The van der Waals surface area contributed by atoms with Crippen molar-refractivity contribution in [2.45, 2.75) is 247 Å². The minimum absolute atomic E-state index is 0.00234. The molecule has 0 heterocycles. The van der Waals surface area contributed by atoms with Gasteiger partial charge in [-0.25, -0.2) is 4.79 Å². The Bertz CT molecular complexity index is 4520. The van der Waals surface area contributed by atoms with Crippen LogP contribution in [-0.4, -0.2) is 335 Å². The van der Waals surface area contributed by atoms with Gasteiger partial charge in [0.25, 0.3) is 0 Å². The SMILES string of the molecule is CC[C@H](C)[C@H](NC(=O)[C@H](CO)NC(=O)[C@H](CO)NC(=O)[C@H](CCCNC(=N)N)NC(=O)[C@H](Cc1ccccc1)NC(=O)[C@@H](NC(=O)CN)[C@@H](C)O)C(=O)N[C@@H](CCCNC(=N)N)C(=O)N[C@@H](CCCNC(=N)N)C(=O)N[C@@H](CC(C)C)C(=O)N[C@@H](CO)C(=O)N[C@H](C(=O)N[C@@H](CCCNC(=N)N)C(=O)N[C@@H](CCCNC(=N)N)C(=O)N[C@@H](CCCNC(=N)N)C(=O)N[C@@H](Cc1ccc(O)cc1)C(=O)O)[C@@H](C)O. The van der Waals surface area contributed by atoms with Crippen LogP contribution in [0.1, 0.15) is 143 Å². The number of phenolic OH excluding ortho intramolecular Hbond substituents is 1. The van der Waals surface area contributed by atoms with E-state index >= 15 is 0 Å². The fourth-order valence-corrected chi connectivity index (χ4v) is 13.7. The first kappa shape index (κ1) is 123. The van der Waals surface area contributed by atoms with Crippen LogP contribution in [0.25, 0.3) is 0 Å². The number of hydrogen-bond acceptors (Lipinski definition) is 29. The summed E-state index contributed by atoms with van der Waals surface area (Å²) in [4.78, 5) is 226. The van der Waals surface area contributed by atoms with Gasteiger partial charge in [-0.1, -0.05) is 76.6 Å². The summed E-state index contributed by atoms with van der Waals surface area (Å²) in [5, 5.41) is 171. The molecule has 48 N–H and O–H groups in total. The molecule has 0 aliphatic heterocycles. The fraction of sp³-hybridized carbons (Fsp3) is 0.600. The third-order valence-electron chi connectivity index (χ3n) is 21.5. The molecule has 142 heavy (non-hydrogen) atoms. The van der Waals surface area contributed by atoms with Crippen LogP contribution in [0.5, 0.6) is 5.75 Å². The molecule has 18 atom stereocenters. The molecule has 0 aromatic heterocycles. The summed E-state index contributed by atoms with van der Waals surface area (Å²) < 4.78 is 0. The Balaban J connectivity index is 2.61. The van der Waals surface area contributed by atoms with Gasteiger partial charge in [-0.2, -0.15) is 0 Å². The predicted molar refractivity (Wildman–Crippen MR) is 516 cm³/mol. The molecule has 0 aliphatic rings. The van der Waals surface area contributed by atoms with Gasteiger partial charge in [-0.05, 0) is 132 Å². The van der Waals surface area contributed by atoms with Gasteiger partial charge < -0.3 is 188 Å². The van der Waals surface area contributed by atoms with Gasteiger partial charge in [0, 0.05) is 52.1 Å². The second-order valence-electron chi connectivity index (χ2n) is 33.8. The molecule has 0 spiro atoms. The lowest BCUT2D eigenvalue weighted by Gasteiger charge is -2.30. The topological polar surface area (TPSA) is 993 Å². The van der Waals surface area contributed by atoms with E-state index in [2.05, 4.69) is 112 Å². The molecule has 794 valence electrons. The quantitative estimate of drug-likeness (QED) is 0.0166. The molecule has 0 radical (unpaired) electrons. The summed E-state index contributed by atoms with van der Waals surface area (Å²) in [6.45, 7) is 4.05. The number of rotatable bonds is 68. The van der Waals surface area contributed by atoms with Gasteiger partial charge in [0.05, 0.1) is 38.6 Å². The Morgan fingerprint density at radius 2 is 0.549 bits per heavy atom. The number of aliphatic hydroxyl groups is 5. The molecule has 57 nitrogen and oxygen atoms in total. The van der Waals surface area contributed by atoms with Crippen molar-refractivity contribution in [2.24, 2.45) is 52.0 Å². The van der Waals surface area contributed by atoms with E-state index in [1.807, 2.05) is 0 Å². The number of aliphatic carboxylic acids is 1. The van der Waals surface area contributed by atoms with Gasteiger partial charge in [0.2, 0.25) is 88.6 Å². The van der Waals surface area contributed by atoms with Gasteiger partial charge >= 0.3 is 5.97 Å². The molecular weight excluding hydrogens is 1870 g/mol. The lowest BCUT2D eigenvalue weighted by atomic mass is 9.97. The predicted octanol–water partition coefficient (Wildman–Crippen LogP) is -13.1. The lowest BCUT2D eigenvalue weighted by Crippen LogP contribution is -2.63. The number of hydrogen-bond donors (Lipinski definition) is 41. The Morgan fingerprint density at radius 3 is 0.838 bits per heavy atom. The van der Waals surface area contributed by atoms with Crippen molar-refractivity contribution in [3.05, 3.63) is 65.7 Å². The summed E-state index contributed by atoms with van der Waals surface area (Å²) >= 11 is 0. The zero-order chi connectivity index (χ0) is 107. The third kappa shape index (κ3) is 48.6. The maximum absolute atomic E-state index is 14.9. The number of carbonyl (C=O) groups is 16. The van der Waals surface area contributed by atoms with Gasteiger partial charge in [-0.3, -0.25) is 104 Å². The second-order valence-corrected chi connectivity index (χ2v) is 33.8. The van der Waals surface area contributed by atoms with Crippen LogP contribution in [0.15, 0.2) is 54.6 Å². The normalized spacial score (nSPS) is 14.8. The average molecular weight is 2010 g/mol. The molecule has 0 aliphatic carbocycles. The molecule has 2 aromatic carbocycles. The van der Waals surface area contributed by atoms with Crippen LogP contribution in [0.2, 0.25) is 0 Å². The fourth-order valence-electron chi connectivity index (χ4n) is 13.7. The smallest absolute Gasteiger partial charge is 0.326 e. The van der Waals surface area contributed by atoms with Gasteiger partial charge in [0.15, 0.2) is 35.8 Å². The highest BCUT2D eigenvalue weighted by molar-refractivity contribution is 6.01. The first-order chi connectivity index (χ1) is 67.0. The molecule has 0 fully saturated rings. The third-order valence-corrected chi connectivity index (χ3v) is 21.5. The van der Waals surface area contributed by atoms with Crippen LogP contribution in [0.4, 0.5) is 0 Å². The van der Waals surface area contributed by atoms with Crippen LogP contribution in [0, 0.1) is 44.3 Å². The van der Waals surface area contributed by atoms with E-state index in [1.165, 1.54) is 38.1 Å². The van der Waals surface area contributed by atoms with Crippen molar-refractivity contribution < 1.29 is 112 Å². The van der Waals surface area contributed by atoms with E-state index in [0.29, 0.717) is 11.1 Å². The standard InChI is InChI=1S/C85H146N34O23/c1-7-43(4)62(118-74(136)59(40-121)116-73(135)58(39-120)114-70(132)52(22-14-32-102-83(93)94)108-72(134)56(36-46-17-9-8-10-18-46)112-77(139)63(44(5)123)117-61(126)38-86)76(138)109-53(23-15-33-103-84(95)96)66(128)106-50(20-12-30-100-81(89)90)68(130)111-55(35-42(2)3)71(133)115-60(41-122)75(137)119-64(45(6)124)78(140)110-54(24-16-34-104-85(97)98)67(129)105-49(19-11-29-99-80(87)88)65(127)107-51(21-13-31-101-82(91)92)69(131)113-57(79(141)142)37-47-25-27-48(125)28-26-47/h8-10,17-18,25-28,42-45,49-60,62-64,120-125H,7,11-16,19-24,29-41,86H2,1-6H3,(H,105,129)(H,106,128)(H,107,127)(H,108,134)(H,109,138)(H,110,140)(H,111,130)(H,112,139)(H,113,131)(H,114,132)(H,115,133)(H,116,135)(H,117,126)(H,118,136)(H,119,137)(H,141,142)(H4,87,88,99)(H4,89,90,100)(H4,91,92,101)(H4,93,94,102)(H4,95,96,103)(H4,97,98,104)/t43-,44+,45+,49-,50-,51-,52-,53-,54-,55-,56-,57-,58-,59-,60-,62-,63-,64-/m0/s1. The van der Waals surface area contributed by atoms with Crippen molar-refractivity contribution in [3.8, 4) is 5.75 Å². The van der Waals surface area contributed by atoms with Crippen LogP contribution in [0.3, 0.4) is 0 Å². The van der Waals surface area contributed by atoms with E-state index in [4.69, 9.17) is 72.6 Å². The summed E-state index contributed by atoms with van der Waals surface area (Å²) in [5.74, 6) is -22.4. The first-order valence-corrected chi connectivity index (χ1v) is 46.0. The summed E-state index contributed by atoms with van der Waals surface area (Å²) in [6, 6.07) is -12.2. The minimum atomic E-state index is -2.05. The second kappa shape index (κ2) is 65.9. The highest BCUT2D eigenvalue weighted by Gasteiger charge is 2.41. The van der Waals surface area contributed by atoms with E-state index < -0.39 is 271 Å². The number of carbonyl (C=O) groups excluding carboxylic acids is 15. The summed E-state index contributed by atoms with van der Waals surface area (Å²) in [6.07, 6.45) is -5.86. The number of aliphatic hydroxyl groups excluding tert-OH is 5. The average Bonchev–Trinajstić information content (AvgIpc) is 0.808. The molecule has 57 heteroatoms. The molecule has 0 unspecified atom stereocenters. The number of phenols is 1. The Morgan fingerprint density at radius 1 is 0.310 bits per heavy atom. The molecule has 0 saturated carbocycles. The van der Waals surface area contributed by atoms with E-state index in [-0.39, 0.29) is 148 Å². The van der Waals surface area contributed by atoms with Crippen molar-refractivity contribution in [1.29, 1.82) is 32.5 Å². The molecule has 15 amide bonds. The zero-order valence-electron chi connectivity index (χ0n) is 80.3. The number of nitrogens with one attached hydrogen (secondary N) is 27. The Labute approximate surface area is 819 Å². The minimum Gasteiger partial charge on any atom is -0.508 e. The summed E-state index contributed by atoms with van der Waals surface area (Å²) in [5.41, 5.74) is 39.3.